The highest BCUT2D eigenvalue weighted by atomic mass is 19.1. The van der Waals surface area contributed by atoms with Crippen molar-refractivity contribution in [1.82, 2.24) is 9.97 Å². The lowest BCUT2D eigenvalue weighted by Gasteiger charge is -2.04. The zero-order valence-corrected chi connectivity index (χ0v) is 10.4. The molecule has 2 nitrogen and oxygen atoms in total. The van der Waals surface area contributed by atoms with Crippen LogP contribution >= 0.6 is 0 Å². The zero-order valence-electron chi connectivity index (χ0n) is 10.4. The Morgan fingerprint density at radius 2 is 2.21 bits per heavy atom. The molecule has 0 aliphatic heterocycles. The summed E-state index contributed by atoms with van der Waals surface area (Å²) in [5.41, 5.74) is 3.92. The Hall–Kier alpha value is -2.42. The van der Waals surface area contributed by atoms with Crippen molar-refractivity contribution >= 4 is 16.5 Å². The molecule has 3 heteroatoms. The minimum Gasteiger partial charge on any atom is -0.361 e. The van der Waals surface area contributed by atoms with Crippen molar-refractivity contribution in [2.45, 2.75) is 6.42 Å². The van der Waals surface area contributed by atoms with Gasteiger partial charge in [-0.1, -0.05) is 12.6 Å². The summed E-state index contributed by atoms with van der Waals surface area (Å²) < 4.78 is 13.3. The van der Waals surface area contributed by atoms with Crippen LogP contribution in [0.4, 0.5) is 4.39 Å². The lowest BCUT2D eigenvalue weighted by Crippen LogP contribution is -1.89. The van der Waals surface area contributed by atoms with E-state index in [-0.39, 0.29) is 5.82 Å². The van der Waals surface area contributed by atoms with E-state index in [2.05, 4.69) is 16.5 Å². The second kappa shape index (κ2) is 4.69. The second-order valence-electron chi connectivity index (χ2n) is 4.53. The molecule has 0 fully saturated rings. The summed E-state index contributed by atoms with van der Waals surface area (Å²) in [5, 5.41) is 0.869. The monoisotopic (exact) mass is 252 g/mol. The third-order valence-corrected chi connectivity index (χ3v) is 3.17. The lowest BCUT2D eigenvalue weighted by atomic mass is 10.0. The van der Waals surface area contributed by atoms with Crippen LogP contribution in [0.3, 0.4) is 0 Å². The van der Waals surface area contributed by atoms with Gasteiger partial charge in [0.2, 0.25) is 0 Å². The molecule has 94 valence electrons. The molecular weight excluding hydrogens is 239 g/mol. The Morgan fingerprint density at radius 3 is 3.00 bits per heavy atom. The predicted octanol–water partition coefficient (Wildman–Crippen LogP) is 3.96. The molecule has 0 atom stereocenters. The van der Waals surface area contributed by atoms with E-state index in [0.29, 0.717) is 6.42 Å². The van der Waals surface area contributed by atoms with Crippen LogP contribution in [0.1, 0.15) is 11.1 Å². The topological polar surface area (TPSA) is 28.7 Å². The number of fused-ring (bicyclic) bond motifs is 1. The first-order valence-electron chi connectivity index (χ1n) is 6.08. The van der Waals surface area contributed by atoms with E-state index in [0.717, 1.165) is 27.6 Å². The van der Waals surface area contributed by atoms with Crippen molar-refractivity contribution in [1.29, 1.82) is 0 Å². The molecule has 1 N–H and O–H groups in total. The van der Waals surface area contributed by atoms with E-state index in [4.69, 9.17) is 0 Å². The Bertz CT molecular complexity index is 729. The molecule has 1 aromatic carbocycles. The Labute approximate surface area is 110 Å². The van der Waals surface area contributed by atoms with Crippen molar-refractivity contribution in [2.75, 3.05) is 0 Å². The highest BCUT2D eigenvalue weighted by molar-refractivity contribution is 5.92. The number of aromatic nitrogens is 2. The molecule has 0 aliphatic rings. The fourth-order valence-electron chi connectivity index (χ4n) is 2.23. The van der Waals surface area contributed by atoms with Gasteiger partial charge in [0.15, 0.2) is 0 Å². The van der Waals surface area contributed by atoms with Gasteiger partial charge in [-0.05, 0) is 41.8 Å². The molecule has 0 bridgehead atoms. The third kappa shape index (κ3) is 2.27. The highest BCUT2D eigenvalue weighted by Gasteiger charge is 2.08. The minimum atomic E-state index is -0.234. The van der Waals surface area contributed by atoms with Gasteiger partial charge in [-0.3, -0.25) is 4.98 Å². The van der Waals surface area contributed by atoms with E-state index in [1.165, 1.54) is 12.1 Å². The predicted molar refractivity (Wildman–Crippen MR) is 75.2 cm³/mol. The molecular formula is C16H13FN2. The summed E-state index contributed by atoms with van der Waals surface area (Å²) in [6.07, 6.45) is 6.15. The molecule has 0 spiro atoms. The molecule has 2 heterocycles. The molecule has 19 heavy (non-hydrogen) atoms. The molecule has 0 radical (unpaired) electrons. The summed E-state index contributed by atoms with van der Waals surface area (Å²) in [5.74, 6) is -0.234. The number of aromatic amines is 1. The van der Waals surface area contributed by atoms with Gasteiger partial charge in [0.1, 0.15) is 5.82 Å². The number of H-pyrrole nitrogens is 1. The lowest BCUT2D eigenvalue weighted by molar-refractivity contribution is 0.629. The average Bonchev–Trinajstić information content (AvgIpc) is 2.82. The van der Waals surface area contributed by atoms with Gasteiger partial charge in [0, 0.05) is 35.1 Å². The number of nitrogens with one attached hydrogen (secondary N) is 1. The number of nitrogens with zero attached hydrogens (tertiary/aromatic N) is 1. The number of allylic oxidation sites excluding steroid dienone is 1. The maximum Gasteiger partial charge on any atom is 0.123 e. The van der Waals surface area contributed by atoms with E-state index in [9.17, 15) is 4.39 Å². The number of halogens is 1. The second-order valence-corrected chi connectivity index (χ2v) is 4.53. The van der Waals surface area contributed by atoms with Gasteiger partial charge in [-0.15, -0.1) is 0 Å². The van der Waals surface area contributed by atoms with Gasteiger partial charge >= 0.3 is 0 Å². The SMILES string of the molecule is C=C(Cc1cccnc1)c1c[nH]c2ccc(F)cc12. The molecule has 0 aliphatic carbocycles. The molecule has 2 aromatic heterocycles. The zero-order chi connectivity index (χ0) is 13.2. The molecule has 0 saturated carbocycles. The van der Waals surface area contributed by atoms with E-state index >= 15 is 0 Å². The molecule has 3 aromatic rings. The van der Waals surface area contributed by atoms with Crippen LogP contribution in [0.5, 0.6) is 0 Å². The summed E-state index contributed by atoms with van der Waals surface area (Å²) in [6, 6.07) is 8.64. The molecule has 0 amide bonds. The first-order chi connectivity index (χ1) is 9.24. The Morgan fingerprint density at radius 1 is 1.32 bits per heavy atom. The van der Waals surface area contributed by atoms with Crippen LogP contribution in [0.2, 0.25) is 0 Å². The fourth-order valence-corrected chi connectivity index (χ4v) is 2.23. The Balaban J connectivity index is 1.96. The maximum atomic E-state index is 13.3. The van der Waals surface area contributed by atoms with Crippen LogP contribution in [0.15, 0.2) is 55.5 Å². The van der Waals surface area contributed by atoms with Gasteiger partial charge in [-0.25, -0.2) is 4.39 Å². The van der Waals surface area contributed by atoms with Crippen molar-refractivity contribution in [2.24, 2.45) is 0 Å². The van der Waals surface area contributed by atoms with Crippen LogP contribution in [0, 0.1) is 5.82 Å². The van der Waals surface area contributed by atoms with Gasteiger partial charge in [0.05, 0.1) is 0 Å². The first-order valence-corrected chi connectivity index (χ1v) is 6.08. The van der Waals surface area contributed by atoms with Crippen molar-refractivity contribution < 1.29 is 4.39 Å². The molecule has 0 unspecified atom stereocenters. The normalized spacial score (nSPS) is 10.8. The smallest absolute Gasteiger partial charge is 0.123 e. The largest absolute Gasteiger partial charge is 0.361 e. The fraction of sp³-hybridized carbons (Fsp3) is 0.0625. The average molecular weight is 252 g/mol. The van der Waals surface area contributed by atoms with Crippen LogP contribution in [-0.4, -0.2) is 9.97 Å². The standard InChI is InChI=1S/C16H13FN2/c1-11(7-12-3-2-6-18-9-12)15-10-19-16-5-4-13(17)8-14(15)16/h2-6,8-10,19H,1,7H2. The Kier molecular flexibility index (Phi) is 2.88. The minimum absolute atomic E-state index is 0.234. The first kappa shape index (κ1) is 11.7. The quantitative estimate of drug-likeness (QED) is 0.751. The van der Waals surface area contributed by atoms with E-state index < -0.39 is 0 Å². The maximum absolute atomic E-state index is 13.3. The van der Waals surface area contributed by atoms with Crippen LogP contribution < -0.4 is 0 Å². The number of pyridine rings is 1. The van der Waals surface area contributed by atoms with E-state index in [1.807, 2.05) is 24.5 Å². The molecule has 3 rings (SSSR count). The number of benzene rings is 1. The number of hydrogen-bond donors (Lipinski definition) is 1. The van der Waals surface area contributed by atoms with Crippen molar-refractivity contribution in [3.05, 3.63) is 72.4 Å². The summed E-state index contributed by atoms with van der Waals surface area (Å²) in [7, 11) is 0. The van der Waals surface area contributed by atoms with Gasteiger partial charge in [0.25, 0.3) is 0 Å². The van der Waals surface area contributed by atoms with Crippen molar-refractivity contribution in [3.8, 4) is 0 Å². The number of hydrogen-bond acceptors (Lipinski definition) is 1. The summed E-state index contributed by atoms with van der Waals surface area (Å²) in [6.45, 7) is 4.10. The van der Waals surface area contributed by atoms with E-state index in [1.54, 1.807) is 12.3 Å². The van der Waals surface area contributed by atoms with Crippen LogP contribution in [0.25, 0.3) is 16.5 Å². The van der Waals surface area contributed by atoms with Crippen molar-refractivity contribution in [3.63, 3.8) is 0 Å². The third-order valence-electron chi connectivity index (χ3n) is 3.17. The van der Waals surface area contributed by atoms with Gasteiger partial charge in [-0.2, -0.15) is 0 Å². The number of rotatable bonds is 3. The van der Waals surface area contributed by atoms with Gasteiger partial charge < -0.3 is 4.98 Å². The summed E-state index contributed by atoms with van der Waals surface area (Å²) >= 11 is 0. The highest BCUT2D eigenvalue weighted by Crippen LogP contribution is 2.26. The summed E-state index contributed by atoms with van der Waals surface area (Å²) in [4.78, 5) is 7.23. The molecule has 0 saturated heterocycles. The van der Waals surface area contributed by atoms with Crippen LogP contribution in [-0.2, 0) is 6.42 Å².